The molecule has 2 atom stereocenters. The minimum absolute atomic E-state index is 0.404. The van der Waals surface area contributed by atoms with E-state index >= 15 is 0 Å². The van der Waals surface area contributed by atoms with Gasteiger partial charge < -0.3 is 5.21 Å². The van der Waals surface area contributed by atoms with Crippen LogP contribution in [0.15, 0.2) is 5.16 Å². The Morgan fingerprint density at radius 2 is 2.18 bits per heavy atom. The number of hydrogen-bond donors (Lipinski definition) is 1. The van der Waals surface area contributed by atoms with Crippen molar-refractivity contribution in [2.45, 2.75) is 33.1 Å². The van der Waals surface area contributed by atoms with E-state index < -0.39 is 0 Å². The Hall–Kier alpha value is -0.530. The number of oxime groups is 1. The third-order valence-electron chi connectivity index (χ3n) is 3.74. The van der Waals surface area contributed by atoms with Gasteiger partial charge in [-0.2, -0.15) is 0 Å². The first-order valence-corrected chi connectivity index (χ1v) is 4.37. The molecule has 2 nitrogen and oxygen atoms in total. The first kappa shape index (κ1) is 7.14. The highest BCUT2D eigenvalue weighted by Crippen LogP contribution is 2.55. The molecule has 2 bridgehead atoms. The number of rotatable bonds is 0. The molecule has 0 amide bonds. The van der Waals surface area contributed by atoms with Crippen LogP contribution >= 0.6 is 0 Å². The zero-order chi connectivity index (χ0) is 8.06. The standard InChI is InChI=1S/C9H15NO/c1-9(2)6-3-4-7(9)8(5-6)10-11/h6-7,11H,3-5H2,1-2H3/b10-8+/t6-,7+/m1/s1. The molecule has 2 fully saturated rings. The molecule has 0 aromatic heterocycles. The molecule has 0 saturated heterocycles. The normalized spacial score (nSPS) is 43.6. The third kappa shape index (κ3) is 0.754. The lowest BCUT2D eigenvalue weighted by atomic mass is 9.82. The summed E-state index contributed by atoms with van der Waals surface area (Å²) in [5.41, 5.74) is 1.45. The van der Waals surface area contributed by atoms with E-state index in [1.54, 1.807) is 0 Å². The molecule has 2 heteroatoms. The summed E-state index contributed by atoms with van der Waals surface area (Å²) in [5, 5.41) is 12.1. The van der Waals surface area contributed by atoms with Crippen molar-refractivity contribution >= 4 is 5.71 Å². The van der Waals surface area contributed by atoms with Crippen LogP contribution in [0.3, 0.4) is 0 Å². The van der Waals surface area contributed by atoms with Crippen molar-refractivity contribution in [3.8, 4) is 0 Å². The fourth-order valence-electron chi connectivity index (χ4n) is 2.86. The van der Waals surface area contributed by atoms with Gasteiger partial charge in [-0.05, 0) is 30.6 Å². The molecule has 0 spiro atoms. The Morgan fingerprint density at radius 3 is 2.45 bits per heavy atom. The molecular formula is C9H15NO. The number of fused-ring (bicyclic) bond motifs is 2. The Bertz CT molecular complexity index is 208. The van der Waals surface area contributed by atoms with Crippen LogP contribution in [0.5, 0.6) is 0 Å². The van der Waals surface area contributed by atoms with Gasteiger partial charge in [-0.1, -0.05) is 19.0 Å². The maximum atomic E-state index is 8.71. The molecule has 0 aromatic rings. The van der Waals surface area contributed by atoms with Crippen molar-refractivity contribution in [3.63, 3.8) is 0 Å². The van der Waals surface area contributed by atoms with E-state index in [-0.39, 0.29) is 0 Å². The van der Waals surface area contributed by atoms with Gasteiger partial charge in [0.1, 0.15) is 0 Å². The van der Waals surface area contributed by atoms with E-state index in [0.717, 1.165) is 18.1 Å². The highest BCUT2D eigenvalue weighted by molar-refractivity contribution is 5.90. The largest absolute Gasteiger partial charge is 0.411 e. The topological polar surface area (TPSA) is 32.6 Å². The zero-order valence-electron chi connectivity index (χ0n) is 7.17. The molecule has 0 unspecified atom stereocenters. The molecule has 2 aliphatic carbocycles. The summed E-state index contributed by atoms with van der Waals surface area (Å²) in [7, 11) is 0. The Balaban J connectivity index is 2.33. The van der Waals surface area contributed by atoms with E-state index in [9.17, 15) is 0 Å². The van der Waals surface area contributed by atoms with Gasteiger partial charge in [-0.15, -0.1) is 0 Å². The van der Waals surface area contributed by atoms with Gasteiger partial charge in [-0.3, -0.25) is 0 Å². The van der Waals surface area contributed by atoms with Gasteiger partial charge in [0.15, 0.2) is 0 Å². The number of nitrogens with zero attached hydrogens (tertiary/aromatic N) is 1. The molecule has 62 valence electrons. The van der Waals surface area contributed by atoms with Crippen LogP contribution in [0.25, 0.3) is 0 Å². The second-order valence-corrected chi connectivity index (χ2v) is 4.44. The first-order valence-electron chi connectivity index (χ1n) is 4.37. The molecule has 1 N–H and O–H groups in total. The van der Waals surface area contributed by atoms with E-state index in [1.807, 2.05) is 0 Å². The molecule has 2 saturated carbocycles. The van der Waals surface area contributed by atoms with Gasteiger partial charge in [0.25, 0.3) is 0 Å². The second-order valence-electron chi connectivity index (χ2n) is 4.44. The smallest absolute Gasteiger partial charge is 0.0610 e. The summed E-state index contributed by atoms with van der Waals surface area (Å²) < 4.78 is 0. The summed E-state index contributed by atoms with van der Waals surface area (Å²) in [6.07, 6.45) is 3.60. The molecule has 2 rings (SSSR count). The van der Waals surface area contributed by atoms with Gasteiger partial charge in [0.05, 0.1) is 5.71 Å². The quantitative estimate of drug-likeness (QED) is 0.420. The Labute approximate surface area is 67.3 Å². The third-order valence-corrected chi connectivity index (χ3v) is 3.74. The molecule has 0 aromatic carbocycles. The maximum Gasteiger partial charge on any atom is 0.0610 e. The summed E-state index contributed by atoms with van der Waals surface area (Å²) in [5.74, 6) is 1.34. The van der Waals surface area contributed by atoms with Crippen LogP contribution in [0, 0.1) is 17.3 Å². The lowest BCUT2D eigenvalue weighted by Crippen LogP contribution is -2.19. The first-order chi connectivity index (χ1) is 5.16. The molecule has 0 heterocycles. The highest BCUT2D eigenvalue weighted by Gasteiger charge is 2.51. The summed E-state index contributed by atoms with van der Waals surface area (Å²) >= 11 is 0. The van der Waals surface area contributed by atoms with Crippen molar-refractivity contribution in [3.05, 3.63) is 0 Å². The summed E-state index contributed by atoms with van der Waals surface area (Å²) in [4.78, 5) is 0. The maximum absolute atomic E-state index is 8.71. The monoisotopic (exact) mass is 153 g/mol. The second kappa shape index (κ2) is 1.99. The van der Waals surface area contributed by atoms with Gasteiger partial charge in [-0.25, -0.2) is 0 Å². The predicted octanol–water partition coefficient (Wildman–Crippen LogP) is 2.27. The van der Waals surface area contributed by atoms with Gasteiger partial charge in [0.2, 0.25) is 0 Å². The molecular weight excluding hydrogens is 138 g/mol. The average Bonchev–Trinajstić information content (AvgIpc) is 2.40. The minimum Gasteiger partial charge on any atom is -0.411 e. The average molecular weight is 153 g/mol. The summed E-state index contributed by atoms with van der Waals surface area (Å²) in [6.45, 7) is 4.60. The lowest BCUT2D eigenvalue weighted by Gasteiger charge is -2.22. The van der Waals surface area contributed by atoms with Crippen LogP contribution < -0.4 is 0 Å². The van der Waals surface area contributed by atoms with E-state index in [2.05, 4.69) is 19.0 Å². The van der Waals surface area contributed by atoms with E-state index in [1.165, 1.54) is 12.8 Å². The van der Waals surface area contributed by atoms with Crippen LogP contribution in [0.4, 0.5) is 0 Å². The highest BCUT2D eigenvalue weighted by atomic mass is 16.4. The fourth-order valence-corrected chi connectivity index (χ4v) is 2.86. The van der Waals surface area contributed by atoms with Crippen molar-refractivity contribution in [1.29, 1.82) is 0 Å². The van der Waals surface area contributed by atoms with Crippen LogP contribution in [-0.4, -0.2) is 10.9 Å². The van der Waals surface area contributed by atoms with Crippen LogP contribution in [-0.2, 0) is 0 Å². The van der Waals surface area contributed by atoms with Crippen LogP contribution in [0.1, 0.15) is 33.1 Å². The number of hydrogen-bond acceptors (Lipinski definition) is 2. The SMILES string of the molecule is CC1(C)[C@@H]2CC[C@H]1/C(=N/O)C2. The Morgan fingerprint density at radius 1 is 1.45 bits per heavy atom. The minimum atomic E-state index is 0.404. The lowest BCUT2D eigenvalue weighted by molar-refractivity contribution is 0.268. The summed E-state index contributed by atoms with van der Waals surface area (Å²) in [6, 6.07) is 0. The van der Waals surface area contributed by atoms with Crippen LogP contribution in [0.2, 0.25) is 0 Å². The Kier molecular flexibility index (Phi) is 1.29. The van der Waals surface area contributed by atoms with Gasteiger partial charge in [0, 0.05) is 5.92 Å². The van der Waals surface area contributed by atoms with E-state index in [4.69, 9.17) is 5.21 Å². The van der Waals surface area contributed by atoms with Gasteiger partial charge >= 0.3 is 0 Å². The van der Waals surface area contributed by atoms with Crippen molar-refractivity contribution in [1.82, 2.24) is 0 Å². The molecule has 2 aliphatic rings. The van der Waals surface area contributed by atoms with Crippen molar-refractivity contribution in [2.75, 3.05) is 0 Å². The molecule has 0 aliphatic heterocycles. The fraction of sp³-hybridized carbons (Fsp3) is 0.889. The molecule has 11 heavy (non-hydrogen) atoms. The zero-order valence-corrected chi connectivity index (χ0v) is 7.17. The molecule has 0 radical (unpaired) electrons. The van der Waals surface area contributed by atoms with Crippen molar-refractivity contribution < 1.29 is 5.21 Å². The predicted molar refractivity (Wildman–Crippen MR) is 43.8 cm³/mol. The van der Waals surface area contributed by atoms with E-state index in [0.29, 0.717) is 11.3 Å². The van der Waals surface area contributed by atoms with Crippen molar-refractivity contribution in [2.24, 2.45) is 22.4 Å².